The molecule has 5 nitrogen and oxygen atoms in total. The number of nitrogens with zero attached hydrogens (tertiary/aromatic N) is 2. The minimum absolute atomic E-state index is 0.121. The second-order valence-corrected chi connectivity index (χ2v) is 5.92. The Hall–Kier alpha value is -2.47. The van der Waals surface area contributed by atoms with Crippen molar-refractivity contribution in [3.63, 3.8) is 0 Å². The second kappa shape index (κ2) is 7.88. The van der Waals surface area contributed by atoms with Crippen molar-refractivity contribution in [2.45, 2.75) is 18.9 Å². The number of carbonyl (C=O) groups is 1. The summed E-state index contributed by atoms with van der Waals surface area (Å²) in [4.78, 5) is 18.3. The first kappa shape index (κ1) is 16.4. The molecule has 1 unspecified atom stereocenters. The van der Waals surface area contributed by atoms with Gasteiger partial charge in [0.05, 0.1) is 17.9 Å². The molecule has 1 atom stereocenters. The third-order valence-corrected chi connectivity index (χ3v) is 4.17. The number of likely N-dealkylation sites (tertiary alicyclic amines) is 1. The summed E-state index contributed by atoms with van der Waals surface area (Å²) in [7, 11) is 0. The zero-order valence-corrected chi connectivity index (χ0v) is 13.4. The molecule has 1 aliphatic rings. The van der Waals surface area contributed by atoms with E-state index in [-0.39, 0.29) is 11.7 Å². The lowest BCUT2D eigenvalue weighted by atomic mass is 10.1. The molecular weight excluding hydrogens is 307 g/mol. The van der Waals surface area contributed by atoms with Crippen LogP contribution in [0.2, 0.25) is 0 Å². The fourth-order valence-corrected chi connectivity index (χ4v) is 2.94. The van der Waals surface area contributed by atoms with Gasteiger partial charge in [-0.2, -0.15) is 0 Å². The molecule has 0 aliphatic carbocycles. The van der Waals surface area contributed by atoms with Crippen molar-refractivity contribution in [1.29, 1.82) is 0 Å². The van der Waals surface area contributed by atoms with E-state index in [1.54, 1.807) is 0 Å². The highest BCUT2D eigenvalue weighted by Gasteiger charge is 2.21. The van der Waals surface area contributed by atoms with Gasteiger partial charge in [-0.05, 0) is 37.6 Å². The number of rotatable bonds is 5. The maximum absolute atomic E-state index is 13.6. The lowest BCUT2D eigenvalue weighted by Gasteiger charge is -2.25. The highest BCUT2D eigenvalue weighted by molar-refractivity contribution is 5.89. The minimum Gasteiger partial charge on any atom is -0.330 e. The van der Waals surface area contributed by atoms with Gasteiger partial charge in [-0.25, -0.2) is 9.18 Å². The number of urea groups is 1. The number of anilines is 1. The molecule has 24 heavy (non-hydrogen) atoms. The molecule has 1 fully saturated rings. The predicted octanol–water partition coefficient (Wildman–Crippen LogP) is 3.18. The third kappa shape index (κ3) is 4.29. The van der Waals surface area contributed by atoms with E-state index in [4.69, 9.17) is 0 Å². The van der Waals surface area contributed by atoms with Gasteiger partial charge in [0.25, 0.3) is 0 Å². The van der Waals surface area contributed by atoms with Crippen LogP contribution in [-0.4, -0.2) is 35.5 Å². The first-order valence-corrected chi connectivity index (χ1v) is 8.17. The summed E-state index contributed by atoms with van der Waals surface area (Å²) in [5.41, 5.74) is 1.16. The Kier molecular flexibility index (Phi) is 5.38. The molecule has 126 valence electrons. The molecular formula is C18H21FN4O. The topological polar surface area (TPSA) is 57.3 Å². The summed E-state index contributed by atoms with van der Waals surface area (Å²) in [6.07, 6.45) is 4.90. The van der Waals surface area contributed by atoms with Crippen molar-refractivity contribution in [3.8, 4) is 0 Å². The number of halogens is 1. The first-order chi connectivity index (χ1) is 11.7. The number of pyridine rings is 1. The van der Waals surface area contributed by atoms with Gasteiger partial charge in [0.2, 0.25) is 0 Å². The van der Waals surface area contributed by atoms with E-state index in [0.717, 1.165) is 31.4 Å². The van der Waals surface area contributed by atoms with Crippen LogP contribution in [0.1, 0.15) is 24.4 Å². The monoisotopic (exact) mass is 328 g/mol. The summed E-state index contributed by atoms with van der Waals surface area (Å²) < 4.78 is 13.6. The van der Waals surface area contributed by atoms with Gasteiger partial charge < -0.3 is 15.5 Å². The van der Waals surface area contributed by atoms with E-state index in [0.29, 0.717) is 0 Å². The molecule has 2 N–H and O–H groups in total. The summed E-state index contributed by atoms with van der Waals surface area (Å²) in [6.45, 7) is 2.84. The molecule has 2 heterocycles. The quantitative estimate of drug-likeness (QED) is 0.886. The van der Waals surface area contributed by atoms with Crippen molar-refractivity contribution in [1.82, 2.24) is 15.2 Å². The average molecular weight is 328 g/mol. The zero-order valence-electron chi connectivity index (χ0n) is 13.4. The maximum atomic E-state index is 13.6. The fraction of sp³-hybridized carbons (Fsp3) is 0.333. The van der Waals surface area contributed by atoms with Gasteiger partial charge in [-0.1, -0.05) is 30.3 Å². The lowest BCUT2D eigenvalue weighted by Crippen LogP contribution is -2.39. The molecule has 2 aromatic rings. The molecule has 1 aromatic heterocycles. The fourth-order valence-electron chi connectivity index (χ4n) is 2.94. The molecule has 1 aromatic carbocycles. The Morgan fingerprint density at radius 1 is 1.21 bits per heavy atom. The Bertz CT molecular complexity index is 674. The van der Waals surface area contributed by atoms with E-state index in [1.807, 2.05) is 30.3 Å². The number of benzene rings is 1. The van der Waals surface area contributed by atoms with Crippen LogP contribution in [0.3, 0.4) is 0 Å². The lowest BCUT2D eigenvalue weighted by molar-refractivity contribution is 0.240. The molecule has 0 spiro atoms. The largest absolute Gasteiger partial charge is 0.330 e. The second-order valence-electron chi connectivity index (χ2n) is 5.92. The van der Waals surface area contributed by atoms with Crippen LogP contribution >= 0.6 is 0 Å². The van der Waals surface area contributed by atoms with Crippen LogP contribution in [0, 0.1) is 5.82 Å². The standard InChI is InChI=1S/C18H21FN4O/c19-15-12-20-9-8-16(15)21-18(24)22-17(13-23-10-4-5-11-23)14-6-2-1-3-7-14/h1-3,6-9,12,17H,4-5,10-11,13H2,(H2,20,21,22,24). The Balaban J connectivity index is 1.68. The SMILES string of the molecule is O=C(Nc1ccncc1F)NC(CN1CCCC1)c1ccccc1. The number of hydrogen-bond donors (Lipinski definition) is 2. The molecule has 6 heteroatoms. The average Bonchev–Trinajstić information content (AvgIpc) is 3.10. The van der Waals surface area contributed by atoms with Crippen LogP contribution in [0.5, 0.6) is 0 Å². The highest BCUT2D eigenvalue weighted by Crippen LogP contribution is 2.18. The smallest absolute Gasteiger partial charge is 0.319 e. The summed E-state index contributed by atoms with van der Waals surface area (Å²) in [6, 6.07) is 10.7. The number of hydrogen-bond acceptors (Lipinski definition) is 3. The Labute approximate surface area is 140 Å². The van der Waals surface area contributed by atoms with Gasteiger partial charge in [0.1, 0.15) is 0 Å². The van der Waals surface area contributed by atoms with Crippen molar-refractivity contribution in [2.24, 2.45) is 0 Å². The van der Waals surface area contributed by atoms with Gasteiger partial charge in [0, 0.05) is 12.7 Å². The normalized spacial score (nSPS) is 15.9. The molecule has 1 saturated heterocycles. The molecule has 1 aliphatic heterocycles. The number of nitrogens with one attached hydrogen (secondary N) is 2. The predicted molar refractivity (Wildman–Crippen MR) is 91.2 cm³/mol. The van der Waals surface area contributed by atoms with Gasteiger partial charge in [-0.3, -0.25) is 4.98 Å². The molecule has 2 amide bonds. The number of amides is 2. The van der Waals surface area contributed by atoms with E-state index >= 15 is 0 Å². The van der Waals surface area contributed by atoms with E-state index in [9.17, 15) is 9.18 Å². The number of aromatic nitrogens is 1. The van der Waals surface area contributed by atoms with E-state index in [1.165, 1.54) is 25.1 Å². The molecule has 0 bridgehead atoms. The summed E-state index contributed by atoms with van der Waals surface area (Å²) in [5, 5.41) is 5.51. The Morgan fingerprint density at radius 3 is 2.67 bits per heavy atom. The number of carbonyl (C=O) groups excluding carboxylic acids is 1. The van der Waals surface area contributed by atoms with Crippen LogP contribution < -0.4 is 10.6 Å². The molecule has 3 rings (SSSR count). The van der Waals surface area contributed by atoms with Gasteiger partial charge in [0.15, 0.2) is 5.82 Å². The maximum Gasteiger partial charge on any atom is 0.319 e. The highest BCUT2D eigenvalue weighted by atomic mass is 19.1. The van der Waals surface area contributed by atoms with Gasteiger partial charge >= 0.3 is 6.03 Å². The minimum atomic E-state index is -0.552. The molecule has 0 radical (unpaired) electrons. The van der Waals surface area contributed by atoms with Gasteiger partial charge in [-0.15, -0.1) is 0 Å². The third-order valence-electron chi connectivity index (χ3n) is 4.17. The van der Waals surface area contributed by atoms with Crippen molar-refractivity contribution in [3.05, 3.63) is 60.2 Å². The summed E-state index contributed by atoms with van der Waals surface area (Å²) in [5.74, 6) is -0.552. The van der Waals surface area contributed by atoms with Crippen molar-refractivity contribution >= 4 is 11.7 Å². The zero-order chi connectivity index (χ0) is 16.8. The van der Waals surface area contributed by atoms with E-state index < -0.39 is 11.8 Å². The van der Waals surface area contributed by atoms with Crippen LogP contribution in [-0.2, 0) is 0 Å². The first-order valence-electron chi connectivity index (χ1n) is 8.17. The van der Waals surface area contributed by atoms with Crippen LogP contribution in [0.25, 0.3) is 0 Å². The van der Waals surface area contributed by atoms with E-state index in [2.05, 4.69) is 20.5 Å². The van der Waals surface area contributed by atoms with Crippen molar-refractivity contribution < 1.29 is 9.18 Å². The molecule has 0 saturated carbocycles. The Morgan fingerprint density at radius 2 is 1.96 bits per heavy atom. The van der Waals surface area contributed by atoms with Crippen LogP contribution in [0.4, 0.5) is 14.9 Å². The van der Waals surface area contributed by atoms with Crippen LogP contribution in [0.15, 0.2) is 48.8 Å². The summed E-state index contributed by atoms with van der Waals surface area (Å²) >= 11 is 0. The van der Waals surface area contributed by atoms with Crippen molar-refractivity contribution in [2.75, 3.05) is 25.0 Å².